The largest absolute Gasteiger partial charge is 0.309 e. The highest BCUT2D eigenvalue weighted by molar-refractivity contribution is 5.03. The van der Waals surface area contributed by atoms with E-state index in [2.05, 4.69) is 41.0 Å². The van der Waals surface area contributed by atoms with Crippen LogP contribution in [-0.4, -0.2) is 39.5 Å². The minimum Gasteiger partial charge on any atom is -0.309 e. The van der Waals surface area contributed by atoms with E-state index in [-0.39, 0.29) is 5.54 Å². The zero-order chi connectivity index (χ0) is 12.5. The minimum absolute atomic E-state index is 0.189. The van der Waals surface area contributed by atoms with Gasteiger partial charge in [0.25, 0.3) is 0 Å². The fourth-order valence-electron chi connectivity index (χ4n) is 2.29. The lowest BCUT2D eigenvalue weighted by Gasteiger charge is -2.43. The molecule has 4 heteroatoms. The molecule has 0 aromatic carbocycles. The minimum atomic E-state index is 0.189. The van der Waals surface area contributed by atoms with Crippen LogP contribution in [-0.2, 0) is 6.54 Å². The highest BCUT2D eigenvalue weighted by Gasteiger charge is 2.30. The smallest absolute Gasteiger partial charge is 0.125 e. The van der Waals surface area contributed by atoms with E-state index in [1.807, 2.05) is 19.2 Å². The van der Waals surface area contributed by atoms with E-state index in [4.69, 9.17) is 0 Å². The molecular formula is C13H22N4. The summed E-state index contributed by atoms with van der Waals surface area (Å²) in [5, 5.41) is 3.56. The van der Waals surface area contributed by atoms with Gasteiger partial charge in [0.2, 0.25) is 0 Å². The lowest BCUT2D eigenvalue weighted by atomic mass is 9.99. The SMILES string of the molecule is Cc1nccc(CN2CC(C)(C)NCC2C)n1. The zero-order valence-electron chi connectivity index (χ0n) is 11.2. The van der Waals surface area contributed by atoms with Gasteiger partial charge in [0.15, 0.2) is 0 Å². The van der Waals surface area contributed by atoms with Crippen LogP contribution in [0.25, 0.3) is 0 Å². The maximum Gasteiger partial charge on any atom is 0.125 e. The van der Waals surface area contributed by atoms with Crippen molar-refractivity contribution >= 4 is 0 Å². The molecule has 0 radical (unpaired) electrons. The van der Waals surface area contributed by atoms with Crippen LogP contribution >= 0.6 is 0 Å². The number of hydrogen-bond acceptors (Lipinski definition) is 4. The molecule has 1 aromatic heterocycles. The van der Waals surface area contributed by atoms with Crippen LogP contribution in [0.15, 0.2) is 12.3 Å². The Bertz CT molecular complexity index is 389. The second kappa shape index (κ2) is 4.70. The van der Waals surface area contributed by atoms with E-state index in [1.54, 1.807) is 0 Å². The molecule has 0 spiro atoms. The number of aromatic nitrogens is 2. The van der Waals surface area contributed by atoms with Gasteiger partial charge in [0.1, 0.15) is 5.82 Å². The third-order valence-corrected chi connectivity index (χ3v) is 3.30. The molecule has 1 atom stereocenters. The van der Waals surface area contributed by atoms with Crippen molar-refractivity contribution in [3.63, 3.8) is 0 Å². The third-order valence-electron chi connectivity index (χ3n) is 3.30. The van der Waals surface area contributed by atoms with Crippen molar-refractivity contribution < 1.29 is 0 Å². The first kappa shape index (κ1) is 12.5. The Balaban J connectivity index is 2.06. The summed E-state index contributed by atoms with van der Waals surface area (Å²) in [7, 11) is 0. The molecule has 1 aromatic rings. The second-order valence-corrected chi connectivity index (χ2v) is 5.61. The number of rotatable bonds is 2. The molecule has 2 rings (SSSR count). The van der Waals surface area contributed by atoms with Crippen LogP contribution in [0.5, 0.6) is 0 Å². The fourth-order valence-corrected chi connectivity index (χ4v) is 2.29. The van der Waals surface area contributed by atoms with Crippen LogP contribution < -0.4 is 5.32 Å². The summed E-state index contributed by atoms with van der Waals surface area (Å²) >= 11 is 0. The van der Waals surface area contributed by atoms with Crippen molar-refractivity contribution in [2.45, 2.75) is 45.8 Å². The molecule has 17 heavy (non-hydrogen) atoms. The van der Waals surface area contributed by atoms with Gasteiger partial charge in [-0.25, -0.2) is 9.97 Å². The zero-order valence-corrected chi connectivity index (χ0v) is 11.2. The molecule has 1 unspecified atom stereocenters. The molecule has 1 saturated heterocycles. The Morgan fingerprint density at radius 1 is 1.53 bits per heavy atom. The Labute approximate surface area is 103 Å². The molecule has 0 saturated carbocycles. The van der Waals surface area contributed by atoms with Crippen molar-refractivity contribution in [1.82, 2.24) is 20.2 Å². The van der Waals surface area contributed by atoms with Gasteiger partial charge in [-0.15, -0.1) is 0 Å². The summed E-state index contributed by atoms with van der Waals surface area (Å²) in [4.78, 5) is 11.1. The summed E-state index contributed by atoms with van der Waals surface area (Å²) in [5.74, 6) is 0.851. The van der Waals surface area contributed by atoms with Gasteiger partial charge in [0, 0.05) is 37.4 Å². The standard InChI is InChI=1S/C13H22N4/c1-10-7-15-13(3,4)9-17(10)8-12-5-6-14-11(2)16-12/h5-6,10,15H,7-9H2,1-4H3. The Kier molecular flexibility index (Phi) is 3.45. The van der Waals surface area contributed by atoms with Crippen LogP contribution in [0, 0.1) is 6.92 Å². The van der Waals surface area contributed by atoms with Gasteiger partial charge >= 0.3 is 0 Å². The van der Waals surface area contributed by atoms with Crippen LogP contribution in [0.2, 0.25) is 0 Å². The molecular weight excluding hydrogens is 212 g/mol. The molecule has 0 bridgehead atoms. The van der Waals surface area contributed by atoms with Crippen molar-refractivity contribution in [3.8, 4) is 0 Å². The fraction of sp³-hybridized carbons (Fsp3) is 0.692. The molecule has 1 aliphatic heterocycles. The normalized spacial score (nSPS) is 24.8. The van der Waals surface area contributed by atoms with E-state index in [1.165, 1.54) is 0 Å². The number of piperazine rings is 1. The lowest BCUT2D eigenvalue weighted by molar-refractivity contribution is 0.0964. The molecule has 1 aliphatic rings. The Morgan fingerprint density at radius 2 is 2.29 bits per heavy atom. The topological polar surface area (TPSA) is 41.1 Å². The van der Waals surface area contributed by atoms with E-state index in [9.17, 15) is 0 Å². The first-order valence-corrected chi connectivity index (χ1v) is 6.24. The Morgan fingerprint density at radius 3 is 3.00 bits per heavy atom. The summed E-state index contributed by atoms with van der Waals surface area (Å²) in [6.45, 7) is 11.7. The highest BCUT2D eigenvalue weighted by Crippen LogP contribution is 2.16. The summed E-state index contributed by atoms with van der Waals surface area (Å²) < 4.78 is 0. The summed E-state index contributed by atoms with van der Waals surface area (Å²) in [6, 6.07) is 2.56. The average Bonchev–Trinajstić information content (AvgIpc) is 2.23. The maximum absolute atomic E-state index is 4.48. The first-order chi connectivity index (χ1) is 7.96. The molecule has 94 valence electrons. The molecule has 1 fully saturated rings. The van der Waals surface area contributed by atoms with Gasteiger partial charge in [-0.1, -0.05) is 0 Å². The van der Waals surface area contributed by atoms with Gasteiger partial charge in [0.05, 0.1) is 5.69 Å². The van der Waals surface area contributed by atoms with E-state index < -0.39 is 0 Å². The van der Waals surface area contributed by atoms with Crippen LogP contribution in [0.3, 0.4) is 0 Å². The average molecular weight is 234 g/mol. The predicted molar refractivity (Wildman–Crippen MR) is 68.7 cm³/mol. The number of aryl methyl sites for hydroxylation is 1. The van der Waals surface area contributed by atoms with Crippen LogP contribution in [0.4, 0.5) is 0 Å². The van der Waals surface area contributed by atoms with E-state index in [0.717, 1.165) is 31.2 Å². The van der Waals surface area contributed by atoms with Crippen molar-refractivity contribution in [3.05, 3.63) is 23.8 Å². The van der Waals surface area contributed by atoms with Gasteiger partial charge in [-0.3, -0.25) is 4.90 Å². The summed E-state index contributed by atoms with van der Waals surface area (Å²) in [5.41, 5.74) is 1.30. The van der Waals surface area contributed by atoms with Crippen molar-refractivity contribution in [2.75, 3.05) is 13.1 Å². The number of nitrogens with one attached hydrogen (secondary N) is 1. The number of nitrogens with zero attached hydrogens (tertiary/aromatic N) is 3. The molecule has 0 aliphatic carbocycles. The van der Waals surface area contributed by atoms with Crippen molar-refractivity contribution in [2.24, 2.45) is 0 Å². The molecule has 2 heterocycles. The maximum atomic E-state index is 4.48. The second-order valence-electron chi connectivity index (χ2n) is 5.61. The predicted octanol–water partition coefficient (Wildman–Crippen LogP) is 1.36. The first-order valence-electron chi connectivity index (χ1n) is 6.24. The molecule has 0 amide bonds. The van der Waals surface area contributed by atoms with E-state index in [0.29, 0.717) is 6.04 Å². The van der Waals surface area contributed by atoms with Gasteiger partial charge < -0.3 is 5.32 Å². The monoisotopic (exact) mass is 234 g/mol. The Hall–Kier alpha value is -1.00. The summed E-state index contributed by atoms with van der Waals surface area (Å²) in [6.07, 6.45) is 1.84. The number of hydrogen-bond donors (Lipinski definition) is 1. The highest BCUT2D eigenvalue weighted by atomic mass is 15.2. The van der Waals surface area contributed by atoms with Crippen LogP contribution in [0.1, 0.15) is 32.3 Å². The lowest BCUT2D eigenvalue weighted by Crippen LogP contribution is -2.60. The van der Waals surface area contributed by atoms with Crippen molar-refractivity contribution in [1.29, 1.82) is 0 Å². The molecule has 4 nitrogen and oxygen atoms in total. The molecule has 1 N–H and O–H groups in total. The van der Waals surface area contributed by atoms with Gasteiger partial charge in [-0.2, -0.15) is 0 Å². The van der Waals surface area contributed by atoms with E-state index >= 15 is 0 Å². The van der Waals surface area contributed by atoms with Gasteiger partial charge in [-0.05, 0) is 33.8 Å². The quantitative estimate of drug-likeness (QED) is 0.839. The third kappa shape index (κ3) is 3.23.